The quantitative estimate of drug-likeness (QED) is 0.110. The van der Waals surface area contributed by atoms with Crippen molar-refractivity contribution in [3.05, 3.63) is 83.4 Å². The number of amides is 5. The minimum absolute atomic E-state index is 0.0141. The molecule has 3 aliphatic rings. The second-order valence-corrected chi connectivity index (χ2v) is 16.9. The van der Waals surface area contributed by atoms with E-state index < -0.39 is 23.8 Å². The van der Waals surface area contributed by atoms with Crippen molar-refractivity contribution in [2.45, 2.75) is 77.5 Å². The van der Waals surface area contributed by atoms with E-state index in [1.807, 2.05) is 64.1 Å². The number of carboxylic acid groups (broad SMARTS) is 1. The zero-order valence-corrected chi connectivity index (χ0v) is 33.7. The van der Waals surface area contributed by atoms with Gasteiger partial charge in [-0.2, -0.15) is 0 Å². The maximum absolute atomic E-state index is 14.0. The van der Waals surface area contributed by atoms with Crippen molar-refractivity contribution in [1.29, 1.82) is 0 Å². The highest BCUT2D eigenvalue weighted by molar-refractivity contribution is 5.98. The first-order valence-corrected chi connectivity index (χ1v) is 20.1. The van der Waals surface area contributed by atoms with Gasteiger partial charge in [0.2, 0.25) is 11.8 Å². The highest BCUT2D eigenvalue weighted by Gasteiger charge is 2.57. The smallest absolute Gasteiger partial charge is 0.407 e. The second kappa shape index (κ2) is 17.3. The van der Waals surface area contributed by atoms with Gasteiger partial charge in [-0.15, -0.1) is 5.10 Å². The number of H-pyrrole nitrogens is 1. The molecule has 1 saturated heterocycles. The molecular weight excluding hydrogens is 755 g/mol. The predicted octanol–water partition coefficient (Wildman–Crippen LogP) is 5.18. The van der Waals surface area contributed by atoms with Gasteiger partial charge < -0.3 is 36.0 Å². The summed E-state index contributed by atoms with van der Waals surface area (Å²) in [6.45, 7) is 8.76. The van der Waals surface area contributed by atoms with Crippen LogP contribution in [0.5, 0.6) is 0 Å². The minimum Gasteiger partial charge on any atom is -0.465 e. The van der Waals surface area contributed by atoms with Crippen LogP contribution >= 0.6 is 0 Å². The third-order valence-electron chi connectivity index (χ3n) is 11.5. The Hall–Kier alpha value is -6.32. The molecular formula is C43H51N9O7. The number of nitrogens with one attached hydrogen (secondary N) is 5. The number of aromatic nitrogens is 4. The number of aromatic amines is 1. The van der Waals surface area contributed by atoms with Crippen LogP contribution in [0.3, 0.4) is 0 Å². The van der Waals surface area contributed by atoms with E-state index in [1.165, 1.54) is 4.90 Å². The van der Waals surface area contributed by atoms with Gasteiger partial charge in [0.25, 0.3) is 5.91 Å². The van der Waals surface area contributed by atoms with E-state index in [4.69, 9.17) is 4.74 Å². The number of piperidine rings is 1. The summed E-state index contributed by atoms with van der Waals surface area (Å²) in [5.41, 5.74) is 4.80. The summed E-state index contributed by atoms with van der Waals surface area (Å²) in [5, 5.41) is 35.1. The van der Waals surface area contributed by atoms with E-state index in [-0.39, 0.29) is 53.9 Å². The molecule has 1 aromatic heterocycles. The Balaban J connectivity index is 1.01. The van der Waals surface area contributed by atoms with E-state index in [0.717, 1.165) is 40.7 Å². The van der Waals surface area contributed by atoms with Crippen LogP contribution in [0.2, 0.25) is 0 Å². The number of tetrazole rings is 1. The number of anilines is 1. The number of carbonyl (C=O) groups excluding carboxylic acids is 4. The van der Waals surface area contributed by atoms with Crippen LogP contribution in [0.15, 0.2) is 66.7 Å². The van der Waals surface area contributed by atoms with Crippen LogP contribution < -0.4 is 21.3 Å². The summed E-state index contributed by atoms with van der Waals surface area (Å²) in [6.07, 6.45) is 1.62. The Kier molecular flexibility index (Phi) is 12.0. The number of fused-ring (bicyclic) bond motifs is 1. The molecule has 3 aromatic carbocycles. The topological polar surface area (TPSA) is 221 Å². The standard InChI is InChI=1S/C43H51N9O7/c1-24-18-30(39(54)47-36-33-22-52(42(57)58)23-34(33)36)14-17-32(24)29-7-5-6-26(19-29)20-35(40(55)45-31-15-12-27(13-16-31)37-48-50-51-49-37)46-38(53)28-10-8-25(9-11-28)21-44-41(56)59-43(2,3)4/h5-7,12-19,25,28,33-36H,8-11,20-23H2,1-4H3,(H,44,56)(H,45,55)(H,46,53)(H,47,54)(H,57,58)(H,48,49,50,51)/t25-,28-,33?,34?,35-,36?/m0/s1. The lowest BCUT2D eigenvalue weighted by Crippen LogP contribution is -2.48. The molecule has 6 N–H and O–H groups in total. The number of benzene rings is 3. The first kappa shape index (κ1) is 40.9. The average molecular weight is 806 g/mol. The minimum atomic E-state index is -0.924. The number of aryl methyl sites for hydroxylation is 1. The van der Waals surface area contributed by atoms with E-state index in [2.05, 4.69) is 41.9 Å². The van der Waals surface area contributed by atoms with Crippen molar-refractivity contribution in [3.63, 3.8) is 0 Å². The van der Waals surface area contributed by atoms with Crippen LogP contribution in [-0.4, -0.2) is 97.9 Å². The lowest BCUT2D eigenvalue weighted by molar-refractivity contribution is -0.130. The molecule has 2 heterocycles. The van der Waals surface area contributed by atoms with Gasteiger partial charge in [-0.1, -0.05) is 30.3 Å². The first-order valence-electron chi connectivity index (χ1n) is 20.1. The van der Waals surface area contributed by atoms with Gasteiger partial charge in [-0.3, -0.25) is 14.4 Å². The van der Waals surface area contributed by atoms with Crippen LogP contribution in [0.25, 0.3) is 22.5 Å². The highest BCUT2D eigenvalue weighted by Crippen LogP contribution is 2.45. The van der Waals surface area contributed by atoms with E-state index in [0.29, 0.717) is 49.6 Å². The van der Waals surface area contributed by atoms with Gasteiger partial charge in [-0.05, 0) is 128 Å². The second-order valence-electron chi connectivity index (χ2n) is 16.9. The Labute approximate surface area is 342 Å². The van der Waals surface area contributed by atoms with Crippen molar-refractivity contribution < 1.29 is 33.8 Å². The number of likely N-dealkylation sites (tertiary alicyclic amines) is 1. The highest BCUT2D eigenvalue weighted by atomic mass is 16.6. The molecule has 2 saturated carbocycles. The molecule has 16 heteroatoms. The van der Waals surface area contributed by atoms with Crippen molar-refractivity contribution in [2.75, 3.05) is 25.0 Å². The Morgan fingerprint density at radius 2 is 1.66 bits per heavy atom. The number of rotatable bonds is 12. The Bertz CT molecular complexity index is 2170. The fourth-order valence-electron chi connectivity index (χ4n) is 8.25. The van der Waals surface area contributed by atoms with E-state index >= 15 is 0 Å². The summed E-state index contributed by atoms with van der Waals surface area (Å²) in [4.78, 5) is 65.8. The van der Waals surface area contributed by atoms with Crippen LogP contribution in [0, 0.1) is 30.6 Å². The molecule has 7 rings (SSSR count). The molecule has 310 valence electrons. The molecule has 59 heavy (non-hydrogen) atoms. The summed E-state index contributed by atoms with van der Waals surface area (Å²) in [5.74, 6) is 0.0192. The average Bonchev–Trinajstić information content (AvgIpc) is 3.57. The molecule has 1 aliphatic heterocycles. The van der Waals surface area contributed by atoms with Crippen LogP contribution in [0.1, 0.15) is 67.9 Å². The molecule has 5 amide bonds. The molecule has 0 radical (unpaired) electrons. The zero-order chi connectivity index (χ0) is 41.8. The number of nitrogens with zero attached hydrogens (tertiary/aromatic N) is 4. The van der Waals surface area contributed by atoms with Crippen LogP contribution in [0.4, 0.5) is 15.3 Å². The molecule has 4 aromatic rings. The summed E-state index contributed by atoms with van der Waals surface area (Å²) < 4.78 is 5.36. The predicted molar refractivity (Wildman–Crippen MR) is 218 cm³/mol. The fourth-order valence-corrected chi connectivity index (χ4v) is 8.25. The Morgan fingerprint density at radius 1 is 0.932 bits per heavy atom. The number of carbonyl (C=O) groups is 5. The van der Waals surface area contributed by atoms with Gasteiger partial charge in [0, 0.05) is 66.7 Å². The lowest BCUT2D eigenvalue weighted by atomic mass is 9.81. The van der Waals surface area contributed by atoms with Crippen molar-refractivity contribution in [2.24, 2.45) is 23.7 Å². The van der Waals surface area contributed by atoms with Gasteiger partial charge in [0.05, 0.1) is 0 Å². The van der Waals surface area contributed by atoms with Gasteiger partial charge in [-0.25, -0.2) is 14.7 Å². The van der Waals surface area contributed by atoms with Gasteiger partial charge >= 0.3 is 12.2 Å². The van der Waals surface area contributed by atoms with Crippen LogP contribution in [-0.2, 0) is 20.7 Å². The van der Waals surface area contributed by atoms with Crippen molar-refractivity contribution in [3.8, 4) is 22.5 Å². The van der Waals surface area contributed by atoms with Crippen molar-refractivity contribution >= 4 is 35.6 Å². The fraction of sp³-hybridized carbons (Fsp3) is 0.442. The number of hydrogen-bond acceptors (Lipinski definition) is 9. The third kappa shape index (κ3) is 10.2. The maximum Gasteiger partial charge on any atom is 0.407 e. The maximum atomic E-state index is 14.0. The first-order chi connectivity index (χ1) is 28.2. The molecule has 0 bridgehead atoms. The third-order valence-corrected chi connectivity index (χ3v) is 11.5. The Morgan fingerprint density at radius 3 is 2.31 bits per heavy atom. The number of alkyl carbamates (subject to hydrolysis) is 1. The SMILES string of the molecule is Cc1cc(C(=O)NC2C3CN(C(=O)O)CC32)ccc1-c1cccc(C[C@H](NC(=O)[C@H]2CC[C@H](CNC(=O)OC(C)(C)C)CC2)C(=O)Nc2ccc(-c3nnn[nH]3)cc2)c1. The monoisotopic (exact) mass is 805 g/mol. The normalized spacial score (nSPS) is 21.4. The van der Waals surface area contributed by atoms with E-state index in [9.17, 15) is 29.1 Å². The van der Waals surface area contributed by atoms with Crippen molar-refractivity contribution in [1.82, 2.24) is 41.5 Å². The summed E-state index contributed by atoms with van der Waals surface area (Å²) in [6, 6.07) is 19.5. The van der Waals surface area contributed by atoms with Gasteiger partial charge in [0.1, 0.15) is 11.6 Å². The summed E-state index contributed by atoms with van der Waals surface area (Å²) in [7, 11) is 0. The zero-order valence-electron chi connectivity index (χ0n) is 33.7. The molecule has 3 atom stereocenters. The largest absolute Gasteiger partial charge is 0.465 e. The van der Waals surface area contributed by atoms with E-state index in [1.54, 1.807) is 30.3 Å². The molecule has 3 fully saturated rings. The lowest BCUT2D eigenvalue weighted by Gasteiger charge is -2.29. The molecule has 16 nitrogen and oxygen atoms in total. The number of ether oxygens (including phenoxy) is 1. The van der Waals surface area contributed by atoms with Gasteiger partial charge in [0.15, 0.2) is 5.82 Å². The number of hydrogen-bond donors (Lipinski definition) is 6. The molecule has 0 spiro atoms. The molecule has 2 aliphatic carbocycles. The summed E-state index contributed by atoms with van der Waals surface area (Å²) >= 11 is 0. The molecule has 2 unspecified atom stereocenters.